The number of nitrogen functional groups attached to an aromatic ring is 1. The Bertz CT molecular complexity index is 951. The fraction of sp³-hybridized carbons (Fsp3) is 0.333. The van der Waals surface area contributed by atoms with Gasteiger partial charge < -0.3 is 30.2 Å². The summed E-state index contributed by atoms with van der Waals surface area (Å²) in [6.07, 6.45) is 0.195. The molecule has 0 radical (unpaired) electrons. The third kappa shape index (κ3) is 8.94. The number of aliphatic hydroxyl groups is 2. The molecule has 34 heavy (non-hydrogen) atoms. The van der Waals surface area contributed by atoms with Crippen molar-refractivity contribution in [2.75, 3.05) is 46.8 Å². The summed E-state index contributed by atoms with van der Waals surface area (Å²) < 4.78 is 16.5. The summed E-state index contributed by atoms with van der Waals surface area (Å²) in [4.78, 5) is 2.24. The first-order chi connectivity index (χ1) is 16.6. The van der Waals surface area contributed by atoms with Crippen LogP contribution in [-0.2, 0) is 13.0 Å². The highest BCUT2D eigenvalue weighted by atomic mass is 16.5. The Morgan fingerprint density at radius 3 is 2.18 bits per heavy atom. The molecule has 0 amide bonds. The first-order valence-corrected chi connectivity index (χ1v) is 11.2. The van der Waals surface area contributed by atoms with Crippen LogP contribution >= 0.6 is 0 Å². The Morgan fingerprint density at radius 2 is 1.53 bits per heavy atom. The number of benzene rings is 3. The second-order valence-electron chi connectivity index (χ2n) is 7.69. The maximum absolute atomic E-state index is 10.6. The predicted octanol–water partition coefficient (Wildman–Crippen LogP) is 3.38. The maximum Gasteiger partial charge on any atom is 0.160 e. The second kappa shape index (κ2) is 14.8. The average molecular weight is 469 g/mol. The molecule has 1 atom stereocenters. The summed E-state index contributed by atoms with van der Waals surface area (Å²) >= 11 is 0. The van der Waals surface area contributed by atoms with Gasteiger partial charge in [-0.15, -0.1) is 0 Å². The summed E-state index contributed by atoms with van der Waals surface area (Å²) in [5.74, 6) is 2.13. The number of anilines is 1. The van der Waals surface area contributed by atoms with E-state index in [9.17, 15) is 5.11 Å². The van der Waals surface area contributed by atoms with Gasteiger partial charge in [0.15, 0.2) is 11.5 Å². The molecule has 0 heterocycles. The van der Waals surface area contributed by atoms with Crippen molar-refractivity contribution in [3.8, 4) is 17.2 Å². The van der Waals surface area contributed by atoms with Crippen molar-refractivity contribution in [2.24, 2.45) is 0 Å². The number of nitrogens with two attached hydrogens (primary N) is 1. The van der Waals surface area contributed by atoms with E-state index in [1.165, 1.54) is 5.56 Å². The van der Waals surface area contributed by atoms with Gasteiger partial charge in [-0.3, -0.25) is 4.90 Å². The summed E-state index contributed by atoms with van der Waals surface area (Å²) in [5, 5.41) is 17.6. The molecule has 0 aliphatic carbocycles. The van der Waals surface area contributed by atoms with Gasteiger partial charge in [0.25, 0.3) is 0 Å². The predicted molar refractivity (Wildman–Crippen MR) is 135 cm³/mol. The van der Waals surface area contributed by atoms with Gasteiger partial charge in [0.2, 0.25) is 0 Å². The molecule has 0 saturated heterocycles. The quantitative estimate of drug-likeness (QED) is 0.351. The largest absolute Gasteiger partial charge is 0.493 e. The van der Waals surface area contributed by atoms with Crippen LogP contribution in [0.3, 0.4) is 0 Å². The van der Waals surface area contributed by atoms with E-state index in [4.69, 9.17) is 25.1 Å². The monoisotopic (exact) mass is 468 g/mol. The maximum atomic E-state index is 10.6. The Morgan fingerprint density at radius 1 is 0.853 bits per heavy atom. The smallest absolute Gasteiger partial charge is 0.160 e. The second-order valence-corrected chi connectivity index (χ2v) is 7.69. The van der Waals surface area contributed by atoms with Gasteiger partial charge in [0, 0.05) is 32.4 Å². The van der Waals surface area contributed by atoms with Gasteiger partial charge in [-0.1, -0.05) is 36.4 Å². The molecule has 0 aliphatic heterocycles. The highest BCUT2D eigenvalue weighted by Crippen LogP contribution is 2.27. The first-order valence-electron chi connectivity index (χ1n) is 11.2. The molecule has 0 bridgehead atoms. The number of hydrogen-bond donors (Lipinski definition) is 3. The molecule has 3 aromatic carbocycles. The minimum Gasteiger partial charge on any atom is -0.493 e. The van der Waals surface area contributed by atoms with Gasteiger partial charge in [-0.25, -0.2) is 0 Å². The van der Waals surface area contributed by atoms with Gasteiger partial charge in [-0.2, -0.15) is 0 Å². The molecule has 3 aromatic rings. The van der Waals surface area contributed by atoms with E-state index in [2.05, 4.69) is 17.0 Å². The van der Waals surface area contributed by atoms with E-state index < -0.39 is 6.10 Å². The van der Waals surface area contributed by atoms with Gasteiger partial charge >= 0.3 is 0 Å². The molecule has 0 saturated carbocycles. The zero-order valence-electron chi connectivity index (χ0n) is 20.2. The Labute approximate surface area is 202 Å². The van der Waals surface area contributed by atoms with Crippen molar-refractivity contribution in [1.82, 2.24) is 4.90 Å². The lowest BCUT2D eigenvalue weighted by molar-refractivity contribution is 0.0659. The van der Waals surface area contributed by atoms with Gasteiger partial charge in [0.05, 0.1) is 14.2 Å². The van der Waals surface area contributed by atoms with E-state index in [1.807, 2.05) is 36.4 Å². The molecule has 0 aliphatic rings. The topological polar surface area (TPSA) is 97.4 Å². The number of methoxy groups -OCH3 is 2. The fourth-order valence-corrected chi connectivity index (χ4v) is 3.51. The van der Waals surface area contributed by atoms with E-state index in [0.29, 0.717) is 23.7 Å². The van der Waals surface area contributed by atoms with Crippen LogP contribution in [0.15, 0.2) is 72.8 Å². The summed E-state index contributed by atoms with van der Waals surface area (Å²) in [5.41, 5.74) is 8.74. The minimum absolute atomic E-state index is 0.214. The molecule has 7 heteroatoms. The van der Waals surface area contributed by atoms with Crippen LogP contribution in [-0.4, -0.2) is 62.2 Å². The van der Waals surface area contributed by atoms with E-state index in [1.54, 1.807) is 38.5 Å². The molecule has 0 spiro atoms. The molecule has 7 nitrogen and oxygen atoms in total. The number of nitrogens with zero attached hydrogens (tertiary/aromatic N) is 1. The van der Waals surface area contributed by atoms with Crippen LogP contribution in [0.5, 0.6) is 17.2 Å². The molecule has 1 unspecified atom stereocenters. The normalized spacial score (nSPS) is 11.4. The van der Waals surface area contributed by atoms with Crippen molar-refractivity contribution >= 4 is 5.69 Å². The molecular formula is C27H36N2O5. The molecule has 0 aromatic heterocycles. The standard InChI is InChI=1S/C26H32N2O4.CH4O/c1-30-25-13-8-20(16-26(25)31-2)14-15-28(17-21-6-4-3-5-7-21)18-23(29)19-32-24-11-9-22(27)10-12-24;1-2/h3-13,16,23,29H,14-15,17-19,27H2,1-2H3;2H,1H3. The van der Waals surface area contributed by atoms with Crippen molar-refractivity contribution in [1.29, 1.82) is 0 Å². The third-order valence-electron chi connectivity index (χ3n) is 5.21. The zero-order valence-corrected chi connectivity index (χ0v) is 20.2. The molecule has 3 rings (SSSR count). The number of rotatable bonds is 12. The summed E-state index contributed by atoms with van der Waals surface area (Å²) in [7, 11) is 4.27. The molecule has 0 fully saturated rings. The SMILES string of the molecule is CO.COc1ccc(CCN(Cc2ccccc2)CC(O)COc2ccc(N)cc2)cc1OC. The van der Waals surface area contributed by atoms with Crippen LogP contribution in [0, 0.1) is 0 Å². The average Bonchev–Trinajstić information content (AvgIpc) is 2.88. The van der Waals surface area contributed by atoms with Crippen LogP contribution < -0.4 is 19.9 Å². The lowest BCUT2D eigenvalue weighted by atomic mass is 10.1. The van der Waals surface area contributed by atoms with Crippen LogP contribution in [0.25, 0.3) is 0 Å². The van der Waals surface area contributed by atoms with Crippen LogP contribution in [0.1, 0.15) is 11.1 Å². The Kier molecular flexibility index (Phi) is 11.7. The number of ether oxygens (including phenoxy) is 3. The zero-order chi connectivity index (χ0) is 24.8. The number of aliphatic hydroxyl groups excluding tert-OH is 2. The van der Waals surface area contributed by atoms with Crippen molar-refractivity contribution < 1.29 is 24.4 Å². The first kappa shape index (κ1) is 27.0. The van der Waals surface area contributed by atoms with Crippen molar-refractivity contribution in [3.05, 3.63) is 83.9 Å². The highest BCUT2D eigenvalue weighted by Gasteiger charge is 2.14. The van der Waals surface area contributed by atoms with Crippen molar-refractivity contribution in [3.63, 3.8) is 0 Å². The third-order valence-corrected chi connectivity index (χ3v) is 5.21. The minimum atomic E-state index is -0.623. The van der Waals surface area contributed by atoms with E-state index >= 15 is 0 Å². The van der Waals surface area contributed by atoms with Gasteiger partial charge in [0.1, 0.15) is 18.5 Å². The van der Waals surface area contributed by atoms with E-state index in [0.717, 1.165) is 37.9 Å². The lowest BCUT2D eigenvalue weighted by Crippen LogP contribution is -2.36. The summed E-state index contributed by atoms with van der Waals surface area (Å²) in [6, 6.07) is 23.4. The molecule has 4 N–H and O–H groups in total. The number of hydrogen-bond acceptors (Lipinski definition) is 7. The molecular weight excluding hydrogens is 432 g/mol. The fourth-order valence-electron chi connectivity index (χ4n) is 3.51. The Balaban J connectivity index is 0.00000199. The lowest BCUT2D eigenvalue weighted by Gasteiger charge is -2.25. The summed E-state index contributed by atoms with van der Waals surface area (Å²) in [6.45, 7) is 2.24. The van der Waals surface area contributed by atoms with Crippen molar-refractivity contribution in [2.45, 2.75) is 19.1 Å². The van der Waals surface area contributed by atoms with Crippen LogP contribution in [0.4, 0.5) is 5.69 Å². The highest BCUT2D eigenvalue weighted by molar-refractivity contribution is 5.43. The van der Waals surface area contributed by atoms with E-state index in [-0.39, 0.29) is 6.61 Å². The van der Waals surface area contributed by atoms with Crippen LogP contribution in [0.2, 0.25) is 0 Å². The van der Waals surface area contributed by atoms with Gasteiger partial charge in [-0.05, 0) is 53.9 Å². The Hall–Kier alpha value is -3.26. The molecule has 184 valence electrons.